The Kier molecular flexibility index (Phi) is 11.5. The average Bonchev–Trinajstić information content (AvgIpc) is 2.98. The molecular weight excluding hydrogens is 556 g/mol. The SMILES string of the molecule is CC[C@H](NCCNC(=O)c1cc(C(=O)NCc2ccccc2)cc(N(C)S(C)(=O)=O)c1)C(=O)NCc1ccc(N)cc1. The summed E-state index contributed by atoms with van der Waals surface area (Å²) in [6, 6.07) is 20.4. The molecule has 12 heteroatoms. The molecule has 0 heterocycles. The molecule has 0 aliphatic rings. The number of hydrogen-bond acceptors (Lipinski definition) is 7. The molecular formula is C30H38N6O5S. The van der Waals surface area contributed by atoms with Gasteiger partial charge in [0.1, 0.15) is 0 Å². The second kappa shape index (κ2) is 15.0. The van der Waals surface area contributed by atoms with E-state index >= 15 is 0 Å². The summed E-state index contributed by atoms with van der Waals surface area (Å²) >= 11 is 0. The second-order valence-electron chi connectivity index (χ2n) is 9.80. The lowest BCUT2D eigenvalue weighted by molar-refractivity contribution is -0.123. The number of rotatable bonds is 14. The lowest BCUT2D eigenvalue weighted by Gasteiger charge is -2.19. The van der Waals surface area contributed by atoms with E-state index in [1.807, 2.05) is 49.4 Å². The molecule has 3 aromatic carbocycles. The fourth-order valence-electron chi connectivity index (χ4n) is 4.02. The summed E-state index contributed by atoms with van der Waals surface area (Å²) < 4.78 is 25.4. The third kappa shape index (κ3) is 9.60. The standard InChI is InChI=1S/C30H38N6O5S/c1-4-27(30(39)35-20-22-10-12-25(31)13-11-22)32-14-15-33-28(37)23-16-24(18-26(17-23)36(2)42(3,40)41)29(38)34-19-21-8-6-5-7-9-21/h5-13,16-18,27,32H,4,14-15,19-20,31H2,1-3H3,(H,33,37)(H,34,38)(H,35,39)/t27-/m0/s1. The normalized spacial score (nSPS) is 11.8. The quantitative estimate of drug-likeness (QED) is 0.141. The summed E-state index contributed by atoms with van der Waals surface area (Å²) in [5.74, 6) is -1.10. The predicted octanol–water partition coefficient (Wildman–Crippen LogP) is 2.01. The van der Waals surface area contributed by atoms with Crippen molar-refractivity contribution in [1.82, 2.24) is 21.3 Å². The Bertz CT molecular complexity index is 1480. The van der Waals surface area contributed by atoms with Crippen LogP contribution in [0.25, 0.3) is 0 Å². The zero-order chi connectivity index (χ0) is 30.7. The molecule has 0 saturated carbocycles. The Balaban J connectivity index is 1.61. The van der Waals surface area contributed by atoms with Gasteiger partial charge in [-0.3, -0.25) is 18.7 Å². The van der Waals surface area contributed by atoms with Crippen molar-refractivity contribution in [2.45, 2.75) is 32.5 Å². The smallest absolute Gasteiger partial charge is 0.251 e. The van der Waals surface area contributed by atoms with E-state index in [-0.39, 0.29) is 35.8 Å². The molecule has 0 aliphatic carbocycles. The molecule has 42 heavy (non-hydrogen) atoms. The molecule has 0 fully saturated rings. The highest BCUT2D eigenvalue weighted by Gasteiger charge is 2.19. The highest BCUT2D eigenvalue weighted by atomic mass is 32.2. The van der Waals surface area contributed by atoms with Crippen LogP contribution in [0.2, 0.25) is 0 Å². The van der Waals surface area contributed by atoms with E-state index in [1.165, 1.54) is 25.2 Å². The van der Waals surface area contributed by atoms with Gasteiger partial charge in [0.15, 0.2) is 0 Å². The van der Waals surface area contributed by atoms with E-state index in [1.54, 1.807) is 12.1 Å². The van der Waals surface area contributed by atoms with Crippen LogP contribution in [0.5, 0.6) is 0 Å². The highest BCUT2D eigenvalue weighted by molar-refractivity contribution is 7.92. The molecule has 6 N–H and O–H groups in total. The largest absolute Gasteiger partial charge is 0.399 e. The van der Waals surface area contributed by atoms with Gasteiger partial charge < -0.3 is 27.0 Å². The molecule has 0 spiro atoms. The van der Waals surface area contributed by atoms with Crippen LogP contribution < -0.4 is 31.3 Å². The predicted molar refractivity (Wildman–Crippen MR) is 164 cm³/mol. The molecule has 3 rings (SSSR count). The zero-order valence-electron chi connectivity index (χ0n) is 24.0. The maximum Gasteiger partial charge on any atom is 0.251 e. The zero-order valence-corrected chi connectivity index (χ0v) is 24.8. The molecule has 224 valence electrons. The summed E-state index contributed by atoms with van der Waals surface area (Å²) in [5.41, 5.74) is 8.62. The summed E-state index contributed by atoms with van der Waals surface area (Å²) in [4.78, 5) is 38.6. The van der Waals surface area contributed by atoms with Gasteiger partial charge in [0.2, 0.25) is 15.9 Å². The van der Waals surface area contributed by atoms with Gasteiger partial charge in [0, 0.05) is 50.0 Å². The molecule has 0 aliphatic heterocycles. The van der Waals surface area contributed by atoms with E-state index in [0.717, 1.165) is 21.7 Å². The van der Waals surface area contributed by atoms with E-state index in [0.29, 0.717) is 25.2 Å². The molecule has 0 aromatic heterocycles. The average molecular weight is 595 g/mol. The summed E-state index contributed by atoms with van der Waals surface area (Å²) in [6.45, 7) is 3.03. The molecule has 11 nitrogen and oxygen atoms in total. The van der Waals surface area contributed by atoms with Crippen molar-refractivity contribution in [2.75, 3.05) is 36.4 Å². The van der Waals surface area contributed by atoms with Crippen molar-refractivity contribution in [3.63, 3.8) is 0 Å². The maximum absolute atomic E-state index is 13.0. The monoisotopic (exact) mass is 594 g/mol. The number of benzene rings is 3. The molecule has 3 amide bonds. The second-order valence-corrected chi connectivity index (χ2v) is 11.8. The number of carbonyl (C=O) groups is 3. The van der Waals surface area contributed by atoms with Crippen molar-refractivity contribution in [2.24, 2.45) is 0 Å². The minimum absolute atomic E-state index is 0.126. The number of hydrogen-bond donors (Lipinski definition) is 5. The lowest BCUT2D eigenvalue weighted by atomic mass is 10.1. The van der Waals surface area contributed by atoms with Gasteiger partial charge in [0.25, 0.3) is 11.8 Å². The number of nitrogen functional groups attached to an aromatic ring is 1. The van der Waals surface area contributed by atoms with E-state index in [4.69, 9.17) is 5.73 Å². The van der Waals surface area contributed by atoms with Gasteiger partial charge in [0.05, 0.1) is 18.0 Å². The van der Waals surface area contributed by atoms with Gasteiger partial charge in [-0.2, -0.15) is 0 Å². The van der Waals surface area contributed by atoms with Crippen LogP contribution in [0.3, 0.4) is 0 Å². The van der Waals surface area contributed by atoms with Crippen molar-refractivity contribution in [3.05, 3.63) is 95.1 Å². The minimum atomic E-state index is -3.65. The van der Waals surface area contributed by atoms with Crippen molar-refractivity contribution in [1.29, 1.82) is 0 Å². The highest BCUT2D eigenvalue weighted by Crippen LogP contribution is 2.21. The fraction of sp³-hybridized carbons (Fsp3) is 0.300. The summed E-state index contributed by atoms with van der Waals surface area (Å²) in [6.07, 6.45) is 1.58. The Hall–Kier alpha value is -4.42. The van der Waals surface area contributed by atoms with Crippen LogP contribution >= 0.6 is 0 Å². The van der Waals surface area contributed by atoms with E-state index < -0.39 is 27.9 Å². The first-order valence-electron chi connectivity index (χ1n) is 13.5. The topological polar surface area (TPSA) is 163 Å². The number of nitrogens with zero attached hydrogens (tertiary/aromatic N) is 1. The number of nitrogens with two attached hydrogens (primary N) is 1. The van der Waals surface area contributed by atoms with E-state index in [2.05, 4.69) is 21.3 Å². The molecule has 0 bridgehead atoms. The van der Waals surface area contributed by atoms with Crippen molar-refractivity contribution in [3.8, 4) is 0 Å². The Morgan fingerprint density at radius 3 is 1.98 bits per heavy atom. The van der Waals surface area contributed by atoms with Crippen molar-refractivity contribution < 1.29 is 22.8 Å². The minimum Gasteiger partial charge on any atom is -0.399 e. The first kappa shape index (κ1) is 32.1. The molecule has 0 radical (unpaired) electrons. The Labute approximate surface area is 246 Å². The molecule has 1 atom stereocenters. The lowest BCUT2D eigenvalue weighted by Crippen LogP contribution is -2.46. The Morgan fingerprint density at radius 1 is 0.810 bits per heavy atom. The van der Waals surface area contributed by atoms with Gasteiger partial charge in [-0.25, -0.2) is 8.42 Å². The molecule has 0 saturated heterocycles. The maximum atomic E-state index is 13.0. The van der Waals surface area contributed by atoms with Gasteiger partial charge in [-0.05, 0) is 47.9 Å². The molecule has 0 unspecified atom stereocenters. The number of anilines is 2. The third-order valence-electron chi connectivity index (χ3n) is 6.57. The van der Waals surface area contributed by atoms with Crippen molar-refractivity contribution >= 4 is 39.1 Å². The fourth-order valence-corrected chi connectivity index (χ4v) is 4.51. The van der Waals surface area contributed by atoms with Crippen LogP contribution in [0, 0.1) is 0 Å². The summed E-state index contributed by atoms with van der Waals surface area (Å²) in [5, 5.41) is 11.6. The Morgan fingerprint density at radius 2 is 1.38 bits per heavy atom. The van der Waals surface area contributed by atoms with Gasteiger partial charge in [-0.1, -0.05) is 49.4 Å². The van der Waals surface area contributed by atoms with Crippen LogP contribution in [0.15, 0.2) is 72.8 Å². The first-order valence-corrected chi connectivity index (χ1v) is 15.4. The number of carbonyl (C=O) groups excluding carboxylic acids is 3. The number of sulfonamides is 1. The number of amides is 3. The van der Waals surface area contributed by atoms with E-state index in [9.17, 15) is 22.8 Å². The van der Waals surface area contributed by atoms with Crippen LogP contribution in [-0.2, 0) is 27.9 Å². The molecule has 3 aromatic rings. The van der Waals surface area contributed by atoms with Crippen LogP contribution in [0.1, 0.15) is 45.2 Å². The third-order valence-corrected chi connectivity index (χ3v) is 7.78. The van der Waals surface area contributed by atoms with Gasteiger partial charge in [-0.15, -0.1) is 0 Å². The van der Waals surface area contributed by atoms with Gasteiger partial charge >= 0.3 is 0 Å². The number of nitrogens with one attached hydrogen (secondary N) is 4. The summed E-state index contributed by atoms with van der Waals surface area (Å²) in [7, 11) is -2.29. The first-order chi connectivity index (χ1) is 20.0. The van der Waals surface area contributed by atoms with Crippen LogP contribution in [-0.4, -0.2) is 58.6 Å². The van der Waals surface area contributed by atoms with Crippen LogP contribution in [0.4, 0.5) is 11.4 Å².